The topological polar surface area (TPSA) is 76.0 Å². The second kappa shape index (κ2) is 5.93. The number of carbonyl (C=O) groups is 1. The first-order valence-corrected chi connectivity index (χ1v) is 6.00. The zero-order chi connectivity index (χ0) is 14.6. The number of ether oxygens (including phenoxy) is 2. The quantitative estimate of drug-likeness (QED) is 0.827. The van der Waals surface area contributed by atoms with Crippen molar-refractivity contribution in [3.8, 4) is 11.5 Å². The first-order chi connectivity index (χ1) is 8.77. The van der Waals surface area contributed by atoms with Gasteiger partial charge in [-0.2, -0.15) is 0 Å². The number of hydrogen-bond donors (Lipinski definition) is 2. The van der Waals surface area contributed by atoms with Crippen LogP contribution in [-0.2, 0) is 4.79 Å². The molecule has 0 saturated carbocycles. The zero-order valence-corrected chi connectivity index (χ0v) is 11.6. The fourth-order valence-electron chi connectivity index (χ4n) is 1.38. The number of rotatable bonds is 6. The third-order valence-electron chi connectivity index (χ3n) is 2.84. The first-order valence-electron chi connectivity index (χ1n) is 6.00. The summed E-state index contributed by atoms with van der Waals surface area (Å²) in [5.74, 6) is 0.00730. The summed E-state index contributed by atoms with van der Waals surface area (Å²) in [5, 5.41) is 18.5. The highest BCUT2D eigenvalue weighted by Crippen LogP contribution is 2.31. The minimum absolute atomic E-state index is 0.0344. The largest absolute Gasteiger partial charge is 0.493 e. The van der Waals surface area contributed by atoms with Gasteiger partial charge in [0.2, 0.25) is 0 Å². The average Bonchev–Trinajstić information content (AvgIpc) is 2.35. The molecule has 1 unspecified atom stereocenters. The van der Waals surface area contributed by atoms with Crippen LogP contribution in [0.25, 0.3) is 0 Å². The zero-order valence-electron chi connectivity index (χ0n) is 11.6. The van der Waals surface area contributed by atoms with Gasteiger partial charge in [0.05, 0.1) is 18.6 Å². The van der Waals surface area contributed by atoms with Crippen LogP contribution in [0.2, 0.25) is 0 Å². The monoisotopic (exact) mass is 268 g/mol. The molecule has 5 heteroatoms. The van der Waals surface area contributed by atoms with Gasteiger partial charge in [-0.15, -0.1) is 0 Å². The van der Waals surface area contributed by atoms with Crippen molar-refractivity contribution in [2.75, 3.05) is 13.7 Å². The third kappa shape index (κ3) is 3.86. The highest BCUT2D eigenvalue weighted by atomic mass is 16.5. The Morgan fingerprint density at radius 3 is 2.47 bits per heavy atom. The van der Waals surface area contributed by atoms with E-state index in [-0.39, 0.29) is 6.61 Å². The van der Waals surface area contributed by atoms with E-state index in [1.54, 1.807) is 39.0 Å². The summed E-state index contributed by atoms with van der Waals surface area (Å²) in [5.41, 5.74) is -0.268. The van der Waals surface area contributed by atoms with Gasteiger partial charge in [-0.1, -0.05) is 6.07 Å². The first kappa shape index (κ1) is 15.3. The van der Waals surface area contributed by atoms with Crippen LogP contribution in [0.3, 0.4) is 0 Å². The molecule has 0 radical (unpaired) electrons. The van der Waals surface area contributed by atoms with Crippen molar-refractivity contribution in [3.05, 3.63) is 23.8 Å². The molecule has 0 bridgehead atoms. The minimum Gasteiger partial charge on any atom is -0.493 e. The molecule has 0 aliphatic heterocycles. The van der Waals surface area contributed by atoms with Gasteiger partial charge in [0.1, 0.15) is 6.61 Å². The molecule has 1 atom stereocenters. The molecule has 106 valence electrons. The number of aliphatic hydroxyl groups excluding tert-OH is 1. The molecule has 1 aromatic carbocycles. The Morgan fingerprint density at radius 1 is 1.37 bits per heavy atom. The Bertz CT molecular complexity index is 451. The number of aliphatic hydroxyl groups is 1. The number of aliphatic carboxylic acids is 1. The molecular formula is C14H20O5. The molecule has 1 aromatic rings. The summed E-state index contributed by atoms with van der Waals surface area (Å²) in [6, 6.07) is 5.06. The molecule has 1 rings (SSSR count). The summed E-state index contributed by atoms with van der Waals surface area (Å²) in [7, 11) is 1.50. The van der Waals surface area contributed by atoms with Crippen molar-refractivity contribution in [1.82, 2.24) is 0 Å². The normalized spacial score (nSPS) is 12.9. The standard InChI is InChI=1S/C14H20O5/c1-9(15)10-5-6-11(12(7-10)18-4)19-8-14(2,3)13(16)17/h5-7,9,15H,8H2,1-4H3,(H,16,17). The Kier molecular flexibility index (Phi) is 4.78. The third-order valence-corrected chi connectivity index (χ3v) is 2.84. The summed E-state index contributed by atoms with van der Waals surface area (Å²) < 4.78 is 10.7. The predicted molar refractivity (Wildman–Crippen MR) is 70.5 cm³/mol. The van der Waals surface area contributed by atoms with Crippen LogP contribution in [0.1, 0.15) is 32.4 Å². The summed E-state index contributed by atoms with van der Waals surface area (Å²) in [4.78, 5) is 11.0. The van der Waals surface area contributed by atoms with Crippen LogP contribution >= 0.6 is 0 Å². The van der Waals surface area contributed by atoms with E-state index in [1.165, 1.54) is 7.11 Å². The second-order valence-electron chi connectivity index (χ2n) is 5.06. The van der Waals surface area contributed by atoms with Crippen molar-refractivity contribution in [1.29, 1.82) is 0 Å². The molecule has 0 aliphatic rings. The van der Waals surface area contributed by atoms with E-state index < -0.39 is 17.5 Å². The molecule has 2 N–H and O–H groups in total. The van der Waals surface area contributed by atoms with Crippen molar-refractivity contribution in [2.45, 2.75) is 26.9 Å². The summed E-state index contributed by atoms with van der Waals surface area (Å²) >= 11 is 0. The molecule has 0 aromatic heterocycles. The number of benzene rings is 1. The van der Waals surface area contributed by atoms with Gasteiger partial charge in [-0.25, -0.2) is 0 Å². The van der Waals surface area contributed by atoms with E-state index in [2.05, 4.69) is 0 Å². The van der Waals surface area contributed by atoms with Gasteiger partial charge in [0.25, 0.3) is 0 Å². The Morgan fingerprint density at radius 2 is 2.00 bits per heavy atom. The molecule has 0 aliphatic carbocycles. The maximum absolute atomic E-state index is 11.0. The Hall–Kier alpha value is -1.75. The van der Waals surface area contributed by atoms with Crippen molar-refractivity contribution in [2.24, 2.45) is 5.41 Å². The molecular weight excluding hydrogens is 248 g/mol. The van der Waals surface area contributed by atoms with Crippen LogP contribution < -0.4 is 9.47 Å². The molecule has 19 heavy (non-hydrogen) atoms. The maximum Gasteiger partial charge on any atom is 0.312 e. The lowest BCUT2D eigenvalue weighted by atomic mass is 9.95. The molecule has 0 fully saturated rings. The lowest BCUT2D eigenvalue weighted by molar-refractivity contribution is -0.148. The summed E-state index contributed by atoms with van der Waals surface area (Å²) in [6.07, 6.45) is -0.599. The molecule has 0 saturated heterocycles. The number of carboxylic acid groups (broad SMARTS) is 1. The minimum atomic E-state index is -0.978. The van der Waals surface area contributed by atoms with Crippen molar-refractivity contribution in [3.63, 3.8) is 0 Å². The molecule has 5 nitrogen and oxygen atoms in total. The van der Waals surface area contributed by atoms with E-state index in [0.29, 0.717) is 17.1 Å². The van der Waals surface area contributed by atoms with Gasteiger partial charge in [-0.05, 0) is 38.5 Å². The van der Waals surface area contributed by atoms with E-state index in [9.17, 15) is 9.90 Å². The van der Waals surface area contributed by atoms with Gasteiger partial charge in [-0.3, -0.25) is 4.79 Å². The fraction of sp³-hybridized carbons (Fsp3) is 0.500. The maximum atomic E-state index is 11.0. The van der Waals surface area contributed by atoms with E-state index in [1.807, 2.05) is 0 Å². The van der Waals surface area contributed by atoms with E-state index in [0.717, 1.165) is 0 Å². The lowest BCUT2D eigenvalue weighted by Gasteiger charge is -2.21. The van der Waals surface area contributed by atoms with Crippen LogP contribution in [0.4, 0.5) is 0 Å². The Labute approximate surface area is 112 Å². The van der Waals surface area contributed by atoms with Crippen LogP contribution in [0.15, 0.2) is 18.2 Å². The second-order valence-corrected chi connectivity index (χ2v) is 5.06. The van der Waals surface area contributed by atoms with E-state index in [4.69, 9.17) is 14.6 Å². The molecule has 0 amide bonds. The fourth-order valence-corrected chi connectivity index (χ4v) is 1.38. The highest BCUT2D eigenvalue weighted by Gasteiger charge is 2.28. The highest BCUT2D eigenvalue weighted by molar-refractivity contribution is 5.73. The predicted octanol–water partition coefficient (Wildman–Crippen LogP) is 2.24. The number of carboxylic acids is 1. The summed E-state index contributed by atoms with van der Waals surface area (Å²) in [6.45, 7) is 4.87. The Balaban J connectivity index is 2.87. The number of hydrogen-bond acceptors (Lipinski definition) is 4. The van der Waals surface area contributed by atoms with Gasteiger partial charge < -0.3 is 19.7 Å². The average molecular weight is 268 g/mol. The molecule has 0 spiro atoms. The van der Waals surface area contributed by atoms with Gasteiger partial charge in [0, 0.05) is 0 Å². The van der Waals surface area contributed by atoms with Gasteiger partial charge >= 0.3 is 5.97 Å². The van der Waals surface area contributed by atoms with E-state index >= 15 is 0 Å². The van der Waals surface area contributed by atoms with Crippen molar-refractivity contribution >= 4 is 5.97 Å². The van der Waals surface area contributed by atoms with Crippen molar-refractivity contribution < 1.29 is 24.5 Å². The van der Waals surface area contributed by atoms with Crippen LogP contribution in [0, 0.1) is 5.41 Å². The SMILES string of the molecule is COc1cc(C(C)O)ccc1OCC(C)(C)C(=O)O. The van der Waals surface area contributed by atoms with Crippen LogP contribution in [0.5, 0.6) is 11.5 Å². The van der Waals surface area contributed by atoms with Gasteiger partial charge in [0.15, 0.2) is 11.5 Å². The number of methoxy groups -OCH3 is 1. The molecule has 0 heterocycles. The van der Waals surface area contributed by atoms with Crippen LogP contribution in [-0.4, -0.2) is 29.9 Å². The lowest BCUT2D eigenvalue weighted by Crippen LogP contribution is -2.30. The smallest absolute Gasteiger partial charge is 0.312 e.